The number of nitrogens with zero attached hydrogens (tertiary/aromatic N) is 1. The average molecular weight is 626 g/mol. The maximum atomic E-state index is 13.4. The van der Waals surface area contributed by atoms with Gasteiger partial charge in [0.2, 0.25) is 0 Å². The van der Waals surface area contributed by atoms with Gasteiger partial charge in [0.1, 0.15) is 11.5 Å². The van der Waals surface area contributed by atoms with E-state index in [1.54, 1.807) is 0 Å². The highest BCUT2D eigenvalue weighted by molar-refractivity contribution is 6.33. The molecule has 14 heteroatoms. The van der Waals surface area contributed by atoms with E-state index < -0.39 is 41.3 Å². The first-order valence-electron chi connectivity index (χ1n) is 12.6. The van der Waals surface area contributed by atoms with Crippen LogP contribution in [0.2, 0.25) is 10.0 Å². The third kappa shape index (κ3) is 4.55. The Morgan fingerprint density at radius 3 is 1.84 bits per heavy atom. The van der Waals surface area contributed by atoms with Gasteiger partial charge in [-0.1, -0.05) is 29.3 Å². The van der Waals surface area contributed by atoms with Crippen LogP contribution >= 0.6 is 23.2 Å². The molecule has 6 rings (SSSR count). The van der Waals surface area contributed by atoms with Crippen molar-refractivity contribution in [1.29, 1.82) is 0 Å². The molecule has 218 valence electrons. The van der Waals surface area contributed by atoms with Crippen molar-refractivity contribution in [2.75, 3.05) is 0 Å². The molecule has 3 aliphatic heterocycles. The minimum Gasteiger partial charge on any atom is -0.456 e. The van der Waals surface area contributed by atoms with E-state index in [-0.39, 0.29) is 73.7 Å². The first-order chi connectivity index (χ1) is 20.4. The molecule has 1 spiro atoms. The highest BCUT2D eigenvalue weighted by atomic mass is 35.5. The lowest BCUT2D eigenvalue weighted by atomic mass is 9.77. The number of benzene rings is 3. The van der Waals surface area contributed by atoms with Crippen LogP contribution in [0.1, 0.15) is 64.1 Å². The Morgan fingerprint density at radius 1 is 0.791 bits per heavy atom. The fraction of sp³-hybridized carbons (Fsp3) is 0.172. The summed E-state index contributed by atoms with van der Waals surface area (Å²) in [5.74, 6) is -4.42. The van der Waals surface area contributed by atoms with Crippen molar-refractivity contribution in [2.45, 2.75) is 32.3 Å². The van der Waals surface area contributed by atoms with Crippen molar-refractivity contribution >= 4 is 58.9 Å². The van der Waals surface area contributed by atoms with Gasteiger partial charge in [0.25, 0.3) is 11.8 Å². The Balaban J connectivity index is 1.52. The maximum Gasteiger partial charge on any atom is 0.363 e. The molecule has 1 fully saturated rings. The Morgan fingerprint density at radius 2 is 1.33 bits per heavy atom. The number of carbonyl (C=O) groups excluding carboxylic acids is 6. The van der Waals surface area contributed by atoms with Crippen molar-refractivity contribution in [3.8, 4) is 23.0 Å². The third-order valence-electron chi connectivity index (χ3n) is 6.83. The third-order valence-corrected chi connectivity index (χ3v) is 7.43. The first-order valence-corrected chi connectivity index (χ1v) is 13.3. The second-order valence-corrected chi connectivity index (χ2v) is 10.5. The Hall–Kier alpha value is -4.94. The molecule has 1 saturated heterocycles. The number of esters is 3. The molecule has 3 aliphatic rings. The molecule has 0 aromatic heterocycles. The molecule has 12 nitrogen and oxygen atoms in total. The zero-order chi connectivity index (χ0) is 30.8. The van der Waals surface area contributed by atoms with Gasteiger partial charge in [-0.2, -0.15) is 0 Å². The number of carbonyl (C=O) groups is 6. The van der Waals surface area contributed by atoms with Crippen LogP contribution in [0.15, 0.2) is 42.5 Å². The van der Waals surface area contributed by atoms with Crippen LogP contribution in [0.5, 0.6) is 23.0 Å². The van der Waals surface area contributed by atoms with Crippen LogP contribution in [0.25, 0.3) is 0 Å². The number of hydrogen-bond acceptors (Lipinski definition) is 11. The number of amides is 2. The van der Waals surface area contributed by atoms with Gasteiger partial charge in [-0.25, -0.2) is 9.59 Å². The fourth-order valence-corrected chi connectivity index (χ4v) is 5.51. The molecule has 0 unspecified atom stereocenters. The van der Waals surface area contributed by atoms with Gasteiger partial charge in [-0.3, -0.25) is 19.2 Å². The molecule has 0 bridgehead atoms. The zero-order valence-electron chi connectivity index (χ0n) is 22.1. The molecule has 0 saturated carbocycles. The van der Waals surface area contributed by atoms with Crippen molar-refractivity contribution in [1.82, 2.24) is 5.06 Å². The SMILES string of the molecule is CC(=O)Oc1cc2c(cc1Cl)C1(OC(=O)c3cc(C(=O)ON4C(=O)CCC4=O)ccc31)c1cc(Cl)c(OC(C)=O)cc1O2. The Bertz CT molecular complexity index is 1750. The summed E-state index contributed by atoms with van der Waals surface area (Å²) in [4.78, 5) is 78.4. The van der Waals surface area contributed by atoms with Gasteiger partial charge in [0, 0.05) is 55.5 Å². The summed E-state index contributed by atoms with van der Waals surface area (Å²) in [6.45, 7) is 2.38. The lowest BCUT2D eigenvalue weighted by molar-refractivity contribution is -0.172. The van der Waals surface area contributed by atoms with E-state index in [1.165, 1.54) is 56.3 Å². The average Bonchev–Trinajstić information content (AvgIpc) is 3.41. The van der Waals surface area contributed by atoms with Gasteiger partial charge >= 0.3 is 23.9 Å². The number of imide groups is 1. The lowest BCUT2D eigenvalue weighted by Crippen LogP contribution is -2.33. The van der Waals surface area contributed by atoms with E-state index >= 15 is 0 Å². The van der Waals surface area contributed by atoms with Crippen molar-refractivity contribution in [3.63, 3.8) is 0 Å². The van der Waals surface area contributed by atoms with Crippen LogP contribution in [-0.2, 0) is 34.4 Å². The molecular formula is C29H17Cl2NO11. The summed E-state index contributed by atoms with van der Waals surface area (Å²) in [5, 5.41) is 0.381. The number of hydroxylamine groups is 2. The zero-order valence-corrected chi connectivity index (χ0v) is 23.7. The minimum atomic E-state index is -1.74. The van der Waals surface area contributed by atoms with Gasteiger partial charge in [0.15, 0.2) is 17.1 Å². The predicted octanol–water partition coefficient (Wildman–Crippen LogP) is 4.63. The van der Waals surface area contributed by atoms with Crippen LogP contribution < -0.4 is 14.2 Å². The van der Waals surface area contributed by atoms with Crippen LogP contribution in [0.3, 0.4) is 0 Å². The van der Waals surface area contributed by atoms with Gasteiger partial charge in [-0.15, -0.1) is 5.06 Å². The van der Waals surface area contributed by atoms with Crippen LogP contribution in [0, 0.1) is 0 Å². The van der Waals surface area contributed by atoms with Crippen LogP contribution in [0.4, 0.5) is 0 Å². The number of rotatable bonds is 4. The lowest BCUT2D eigenvalue weighted by Gasteiger charge is -2.37. The Kier molecular flexibility index (Phi) is 6.62. The van der Waals surface area contributed by atoms with E-state index in [2.05, 4.69) is 0 Å². The van der Waals surface area contributed by atoms with Crippen LogP contribution in [-0.4, -0.2) is 40.8 Å². The predicted molar refractivity (Wildman–Crippen MR) is 144 cm³/mol. The van der Waals surface area contributed by atoms with E-state index in [4.69, 9.17) is 47.0 Å². The fourth-order valence-electron chi connectivity index (χ4n) is 5.11. The summed E-state index contributed by atoms with van der Waals surface area (Å²) < 4.78 is 22.5. The van der Waals surface area contributed by atoms with Gasteiger partial charge < -0.3 is 23.8 Å². The topological polar surface area (TPSA) is 152 Å². The molecule has 3 aromatic carbocycles. The summed E-state index contributed by atoms with van der Waals surface area (Å²) >= 11 is 12.9. The van der Waals surface area contributed by atoms with Crippen molar-refractivity contribution in [2.24, 2.45) is 0 Å². The Labute approximate surface area is 251 Å². The standard InChI is InChI=1S/C29H17Cl2NO11/c1-12(33)39-23-10-21-17(8-19(23)30)29(18-9-20(31)24(40-13(2)34)11-22(18)41-21)16-4-3-14(7-15(16)28(38)42-29)27(37)43-32-25(35)5-6-26(32)36/h3-4,7-11H,5-6H2,1-2H3. The molecule has 3 aromatic rings. The molecule has 43 heavy (non-hydrogen) atoms. The highest BCUT2D eigenvalue weighted by Gasteiger charge is 2.54. The number of ether oxygens (including phenoxy) is 4. The van der Waals surface area contributed by atoms with E-state index in [0.717, 1.165) is 0 Å². The van der Waals surface area contributed by atoms with Crippen molar-refractivity contribution in [3.05, 3.63) is 80.3 Å². The smallest absolute Gasteiger partial charge is 0.363 e. The quantitative estimate of drug-likeness (QED) is 0.226. The summed E-state index contributed by atoms with van der Waals surface area (Å²) in [6.07, 6.45) is -0.176. The second-order valence-electron chi connectivity index (χ2n) is 9.64. The van der Waals surface area contributed by atoms with Gasteiger partial charge in [-0.05, 0) is 24.3 Å². The number of fused-ring (bicyclic) bond motifs is 6. The molecular weight excluding hydrogens is 609 g/mol. The normalized spacial score (nSPS) is 15.7. The van der Waals surface area contributed by atoms with Gasteiger partial charge in [0.05, 0.1) is 21.2 Å². The molecule has 0 radical (unpaired) electrons. The molecule has 0 aliphatic carbocycles. The van der Waals surface area contributed by atoms with E-state index in [0.29, 0.717) is 5.06 Å². The number of halogens is 2. The molecule has 0 atom stereocenters. The van der Waals surface area contributed by atoms with E-state index in [9.17, 15) is 28.8 Å². The van der Waals surface area contributed by atoms with E-state index in [1.807, 2.05) is 0 Å². The first kappa shape index (κ1) is 28.2. The highest BCUT2D eigenvalue weighted by Crippen LogP contribution is 2.58. The summed E-state index contributed by atoms with van der Waals surface area (Å²) in [5.41, 5.74) is -1.22. The molecule has 0 N–H and O–H groups in total. The summed E-state index contributed by atoms with van der Waals surface area (Å²) in [6, 6.07) is 9.46. The molecule has 2 amide bonds. The van der Waals surface area contributed by atoms with Crippen molar-refractivity contribution < 1.29 is 52.6 Å². The monoisotopic (exact) mass is 625 g/mol. The maximum absolute atomic E-state index is 13.4. The second kappa shape index (κ2) is 10.1. The molecule has 3 heterocycles. The minimum absolute atomic E-state index is 0.00681. The summed E-state index contributed by atoms with van der Waals surface area (Å²) in [7, 11) is 0. The number of hydrogen-bond donors (Lipinski definition) is 0. The largest absolute Gasteiger partial charge is 0.456 e.